The fourth-order valence-corrected chi connectivity index (χ4v) is 1.95. The van der Waals surface area contributed by atoms with E-state index in [1.807, 2.05) is 6.92 Å². The van der Waals surface area contributed by atoms with E-state index in [0.29, 0.717) is 12.1 Å². The third-order valence-electron chi connectivity index (χ3n) is 3.11. The Balaban J connectivity index is 2.05. The van der Waals surface area contributed by atoms with Crippen molar-refractivity contribution in [3.05, 3.63) is 46.8 Å². The van der Waals surface area contributed by atoms with Crippen molar-refractivity contribution in [1.29, 1.82) is 0 Å². The summed E-state index contributed by atoms with van der Waals surface area (Å²) in [6, 6.07) is 4.46. The van der Waals surface area contributed by atoms with Gasteiger partial charge in [-0.15, -0.1) is 0 Å². The third-order valence-corrected chi connectivity index (χ3v) is 3.11. The summed E-state index contributed by atoms with van der Waals surface area (Å²) in [7, 11) is 0. The molecule has 4 N–H and O–H groups in total. The quantitative estimate of drug-likeness (QED) is 0.690. The molecule has 1 aromatic heterocycles. The lowest BCUT2D eigenvalue weighted by Crippen LogP contribution is -2.29. The number of aromatic carboxylic acids is 1. The number of benzene rings is 1. The third kappa shape index (κ3) is 3.38. The van der Waals surface area contributed by atoms with Gasteiger partial charge in [-0.1, -0.05) is 12.1 Å². The number of H-pyrrole nitrogens is 1. The van der Waals surface area contributed by atoms with Crippen LogP contribution in [0, 0.1) is 13.8 Å². The molecule has 0 fully saturated rings. The average Bonchev–Trinajstić information content (AvgIpc) is 2.81. The molecule has 0 aliphatic carbocycles. The minimum absolute atomic E-state index is 0.0899. The number of aromatic nitrogens is 2. The predicted molar refractivity (Wildman–Crippen MR) is 77.3 cm³/mol. The predicted octanol–water partition coefficient (Wildman–Crippen LogP) is 2.05. The average molecular weight is 288 g/mol. The van der Waals surface area contributed by atoms with E-state index in [2.05, 4.69) is 20.8 Å². The molecule has 0 radical (unpaired) electrons. The van der Waals surface area contributed by atoms with Crippen LogP contribution in [0.3, 0.4) is 0 Å². The van der Waals surface area contributed by atoms with Crippen molar-refractivity contribution in [2.75, 3.05) is 5.32 Å². The SMILES string of the molecule is Cc1cccc(NC(=O)NCc2cn[nH]c2C)c1C(=O)O. The van der Waals surface area contributed by atoms with Crippen molar-refractivity contribution in [3.8, 4) is 0 Å². The molecule has 0 unspecified atom stereocenters. The number of aryl methyl sites for hydroxylation is 2. The smallest absolute Gasteiger partial charge is 0.338 e. The zero-order chi connectivity index (χ0) is 15.4. The number of nitrogens with zero attached hydrogens (tertiary/aromatic N) is 1. The van der Waals surface area contributed by atoms with Gasteiger partial charge in [0.25, 0.3) is 0 Å². The summed E-state index contributed by atoms with van der Waals surface area (Å²) >= 11 is 0. The van der Waals surface area contributed by atoms with Crippen LogP contribution >= 0.6 is 0 Å². The van der Waals surface area contributed by atoms with Gasteiger partial charge in [0.2, 0.25) is 0 Å². The summed E-state index contributed by atoms with van der Waals surface area (Å²) in [5, 5.41) is 21.0. The number of urea groups is 1. The first-order valence-electron chi connectivity index (χ1n) is 6.35. The molecule has 2 rings (SSSR count). The molecule has 0 bridgehead atoms. The van der Waals surface area contributed by atoms with E-state index in [1.54, 1.807) is 31.3 Å². The van der Waals surface area contributed by atoms with Crippen LogP contribution in [-0.2, 0) is 6.54 Å². The molecular formula is C14H16N4O3. The van der Waals surface area contributed by atoms with Crippen molar-refractivity contribution in [1.82, 2.24) is 15.5 Å². The topological polar surface area (TPSA) is 107 Å². The maximum atomic E-state index is 11.9. The summed E-state index contributed by atoms with van der Waals surface area (Å²) in [5.74, 6) is -1.07. The van der Waals surface area contributed by atoms with E-state index >= 15 is 0 Å². The maximum absolute atomic E-state index is 11.9. The number of hydrogen-bond acceptors (Lipinski definition) is 3. The number of carboxylic acid groups (broad SMARTS) is 1. The molecule has 1 aromatic carbocycles. The molecule has 7 nitrogen and oxygen atoms in total. The van der Waals surface area contributed by atoms with Crippen molar-refractivity contribution in [3.63, 3.8) is 0 Å². The van der Waals surface area contributed by atoms with E-state index in [4.69, 9.17) is 0 Å². The Kier molecular flexibility index (Phi) is 4.22. The van der Waals surface area contributed by atoms with Gasteiger partial charge in [-0.3, -0.25) is 5.10 Å². The molecule has 0 aliphatic rings. The Morgan fingerprint density at radius 3 is 2.71 bits per heavy atom. The van der Waals surface area contributed by atoms with Crippen LogP contribution in [0.1, 0.15) is 27.2 Å². The van der Waals surface area contributed by atoms with Crippen molar-refractivity contribution < 1.29 is 14.7 Å². The van der Waals surface area contributed by atoms with Crippen LogP contribution in [-0.4, -0.2) is 27.3 Å². The molecule has 0 spiro atoms. The number of amides is 2. The van der Waals surface area contributed by atoms with Gasteiger partial charge in [0.05, 0.1) is 17.4 Å². The normalized spacial score (nSPS) is 10.2. The highest BCUT2D eigenvalue weighted by Crippen LogP contribution is 2.19. The number of nitrogens with one attached hydrogen (secondary N) is 3. The van der Waals surface area contributed by atoms with Crippen molar-refractivity contribution in [2.24, 2.45) is 0 Å². The molecule has 0 atom stereocenters. The molecule has 0 saturated heterocycles. The number of carbonyl (C=O) groups excluding carboxylic acids is 1. The molecular weight excluding hydrogens is 272 g/mol. The first kappa shape index (κ1) is 14.6. The lowest BCUT2D eigenvalue weighted by molar-refractivity contribution is 0.0697. The molecule has 0 saturated carbocycles. The Labute approximate surface area is 121 Å². The second kappa shape index (κ2) is 6.08. The Bertz CT molecular complexity index is 679. The number of anilines is 1. The molecule has 1 heterocycles. The largest absolute Gasteiger partial charge is 0.478 e. The van der Waals surface area contributed by atoms with Crippen LogP contribution in [0.4, 0.5) is 10.5 Å². The molecule has 7 heteroatoms. The monoisotopic (exact) mass is 288 g/mol. The fraction of sp³-hybridized carbons (Fsp3) is 0.214. The van der Waals surface area contributed by atoms with Crippen LogP contribution in [0.5, 0.6) is 0 Å². The summed E-state index contributed by atoms with van der Waals surface area (Å²) < 4.78 is 0. The van der Waals surface area contributed by atoms with Gasteiger partial charge >= 0.3 is 12.0 Å². The highest BCUT2D eigenvalue weighted by Gasteiger charge is 2.14. The first-order valence-corrected chi connectivity index (χ1v) is 6.35. The summed E-state index contributed by atoms with van der Waals surface area (Å²) in [6.45, 7) is 3.84. The van der Waals surface area contributed by atoms with Crippen LogP contribution < -0.4 is 10.6 Å². The van der Waals surface area contributed by atoms with Gasteiger partial charge in [-0.2, -0.15) is 5.10 Å². The number of carbonyl (C=O) groups is 2. The highest BCUT2D eigenvalue weighted by atomic mass is 16.4. The molecule has 110 valence electrons. The van der Waals surface area contributed by atoms with E-state index in [9.17, 15) is 14.7 Å². The van der Waals surface area contributed by atoms with Gasteiger partial charge in [0.1, 0.15) is 0 Å². The standard InChI is InChI=1S/C14H16N4O3/c1-8-4-3-5-11(12(8)13(19)20)17-14(21)15-6-10-7-16-18-9(10)2/h3-5,7H,6H2,1-2H3,(H,16,18)(H,19,20)(H2,15,17,21). The zero-order valence-corrected chi connectivity index (χ0v) is 11.7. The molecule has 2 aromatic rings. The highest BCUT2D eigenvalue weighted by molar-refractivity contribution is 6.01. The second-order valence-corrected chi connectivity index (χ2v) is 4.63. The maximum Gasteiger partial charge on any atom is 0.338 e. The van der Waals surface area contributed by atoms with Gasteiger partial charge in [0, 0.05) is 17.8 Å². The van der Waals surface area contributed by atoms with Gasteiger partial charge in [-0.25, -0.2) is 9.59 Å². The van der Waals surface area contributed by atoms with Crippen LogP contribution in [0.25, 0.3) is 0 Å². The summed E-state index contributed by atoms with van der Waals surface area (Å²) in [6.07, 6.45) is 1.63. The van der Waals surface area contributed by atoms with Crippen LogP contribution in [0.2, 0.25) is 0 Å². The summed E-state index contributed by atoms with van der Waals surface area (Å²) in [5.41, 5.74) is 2.69. The van der Waals surface area contributed by atoms with Crippen molar-refractivity contribution >= 4 is 17.7 Å². The number of carboxylic acids is 1. The molecule has 0 aliphatic heterocycles. The first-order chi connectivity index (χ1) is 9.99. The number of rotatable bonds is 4. The van der Waals surface area contributed by atoms with Gasteiger partial charge < -0.3 is 15.7 Å². The second-order valence-electron chi connectivity index (χ2n) is 4.63. The Morgan fingerprint density at radius 1 is 1.33 bits per heavy atom. The van der Waals surface area contributed by atoms with Crippen LogP contribution in [0.15, 0.2) is 24.4 Å². The zero-order valence-electron chi connectivity index (χ0n) is 11.7. The molecule has 2 amide bonds. The van der Waals surface area contributed by atoms with E-state index < -0.39 is 12.0 Å². The minimum atomic E-state index is -1.07. The van der Waals surface area contributed by atoms with Gasteiger partial charge in [-0.05, 0) is 25.5 Å². The number of aromatic amines is 1. The van der Waals surface area contributed by atoms with E-state index in [-0.39, 0.29) is 11.3 Å². The molecule has 21 heavy (non-hydrogen) atoms. The summed E-state index contributed by atoms with van der Waals surface area (Å²) in [4.78, 5) is 23.1. The minimum Gasteiger partial charge on any atom is -0.478 e. The Morgan fingerprint density at radius 2 is 2.10 bits per heavy atom. The lowest BCUT2D eigenvalue weighted by Gasteiger charge is -2.11. The van der Waals surface area contributed by atoms with Gasteiger partial charge in [0.15, 0.2) is 0 Å². The fourth-order valence-electron chi connectivity index (χ4n) is 1.95. The Hall–Kier alpha value is -2.83. The van der Waals surface area contributed by atoms with E-state index in [0.717, 1.165) is 11.3 Å². The van der Waals surface area contributed by atoms with E-state index in [1.165, 1.54) is 0 Å². The van der Waals surface area contributed by atoms with Crippen molar-refractivity contribution in [2.45, 2.75) is 20.4 Å². The lowest BCUT2D eigenvalue weighted by atomic mass is 10.1. The number of hydrogen-bond donors (Lipinski definition) is 4.